The van der Waals surface area contributed by atoms with Crippen LogP contribution in [0.3, 0.4) is 0 Å². The summed E-state index contributed by atoms with van der Waals surface area (Å²) in [6.07, 6.45) is 1.19. The average molecular weight is 344 g/mol. The van der Waals surface area contributed by atoms with Gasteiger partial charge in [0.05, 0.1) is 0 Å². The molecule has 2 unspecified atom stereocenters. The van der Waals surface area contributed by atoms with Gasteiger partial charge in [0.1, 0.15) is 0 Å². The molecule has 1 nitrogen and oxygen atoms in total. The van der Waals surface area contributed by atoms with E-state index in [0.717, 1.165) is 13.1 Å². The molecule has 0 saturated carbocycles. The molecular formula is C19H22BrN. The lowest BCUT2D eigenvalue weighted by molar-refractivity contribution is 0.403. The van der Waals surface area contributed by atoms with Crippen LogP contribution in [0.4, 0.5) is 0 Å². The molecule has 0 radical (unpaired) electrons. The van der Waals surface area contributed by atoms with Crippen molar-refractivity contribution in [2.75, 3.05) is 13.1 Å². The van der Waals surface area contributed by atoms with Crippen molar-refractivity contribution in [1.29, 1.82) is 0 Å². The van der Waals surface area contributed by atoms with Crippen molar-refractivity contribution in [2.24, 2.45) is 0 Å². The van der Waals surface area contributed by atoms with Crippen molar-refractivity contribution in [3.8, 4) is 0 Å². The maximum absolute atomic E-state index is 3.77. The van der Waals surface area contributed by atoms with E-state index in [1.165, 1.54) is 33.1 Å². The lowest BCUT2D eigenvalue weighted by Gasteiger charge is -2.33. The van der Waals surface area contributed by atoms with E-state index >= 15 is 0 Å². The first kappa shape index (κ1) is 14.8. The van der Waals surface area contributed by atoms with Gasteiger partial charge in [0.25, 0.3) is 0 Å². The molecule has 1 heterocycles. The number of aryl methyl sites for hydroxylation is 2. The van der Waals surface area contributed by atoms with Crippen LogP contribution >= 0.6 is 15.9 Å². The summed E-state index contributed by atoms with van der Waals surface area (Å²) in [7, 11) is 0. The maximum atomic E-state index is 3.77. The summed E-state index contributed by atoms with van der Waals surface area (Å²) in [5, 5.41) is 3.56. The first-order chi connectivity index (χ1) is 10.1. The summed E-state index contributed by atoms with van der Waals surface area (Å²) in [6.45, 7) is 6.47. The van der Waals surface area contributed by atoms with E-state index in [2.05, 4.69) is 77.6 Å². The molecule has 1 aliphatic rings. The molecule has 2 atom stereocenters. The molecule has 1 saturated heterocycles. The molecule has 2 aromatic rings. The Morgan fingerprint density at radius 3 is 2.38 bits per heavy atom. The van der Waals surface area contributed by atoms with E-state index < -0.39 is 0 Å². The number of nitrogens with one attached hydrogen (secondary N) is 1. The lowest BCUT2D eigenvalue weighted by Crippen LogP contribution is -2.34. The second-order valence-electron chi connectivity index (χ2n) is 6.14. The zero-order chi connectivity index (χ0) is 14.8. The zero-order valence-corrected chi connectivity index (χ0v) is 14.3. The fourth-order valence-corrected chi connectivity index (χ4v) is 4.11. The minimum Gasteiger partial charge on any atom is -0.316 e. The van der Waals surface area contributed by atoms with Crippen molar-refractivity contribution in [3.63, 3.8) is 0 Å². The van der Waals surface area contributed by atoms with E-state index in [0.29, 0.717) is 11.8 Å². The van der Waals surface area contributed by atoms with Crippen LogP contribution in [-0.4, -0.2) is 13.1 Å². The second kappa shape index (κ2) is 6.33. The number of hydrogen-bond acceptors (Lipinski definition) is 1. The molecule has 1 fully saturated rings. The van der Waals surface area contributed by atoms with Gasteiger partial charge in [0, 0.05) is 16.9 Å². The fraction of sp³-hybridized carbons (Fsp3) is 0.368. The van der Waals surface area contributed by atoms with Gasteiger partial charge in [-0.2, -0.15) is 0 Å². The van der Waals surface area contributed by atoms with E-state index in [-0.39, 0.29) is 0 Å². The highest BCUT2D eigenvalue weighted by molar-refractivity contribution is 9.10. The van der Waals surface area contributed by atoms with E-state index in [9.17, 15) is 0 Å². The molecule has 1 aliphatic heterocycles. The Morgan fingerprint density at radius 2 is 1.67 bits per heavy atom. The highest BCUT2D eigenvalue weighted by Crippen LogP contribution is 2.40. The van der Waals surface area contributed by atoms with Crippen LogP contribution in [0, 0.1) is 13.8 Å². The number of benzene rings is 2. The van der Waals surface area contributed by atoms with Gasteiger partial charge in [0.15, 0.2) is 0 Å². The summed E-state index contributed by atoms with van der Waals surface area (Å²) >= 11 is 3.77. The SMILES string of the molecule is Cc1ccc(C2CNCCC2c2ccc(C)cc2Br)cc1. The van der Waals surface area contributed by atoms with Crippen molar-refractivity contribution in [3.05, 3.63) is 69.2 Å². The van der Waals surface area contributed by atoms with Crippen LogP contribution in [-0.2, 0) is 0 Å². The Bertz CT molecular complexity index is 618. The molecular weight excluding hydrogens is 322 g/mol. The number of piperidine rings is 1. The maximum Gasteiger partial charge on any atom is 0.0212 e. The normalized spacial score (nSPS) is 22.2. The van der Waals surface area contributed by atoms with Crippen LogP contribution in [0.25, 0.3) is 0 Å². The summed E-state index contributed by atoms with van der Waals surface area (Å²) in [4.78, 5) is 0. The van der Waals surface area contributed by atoms with Crippen molar-refractivity contribution >= 4 is 15.9 Å². The Morgan fingerprint density at radius 1 is 0.952 bits per heavy atom. The predicted octanol–water partition coefficient (Wildman–Crippen LogP) is 4.93. The minimum absolute atomic E-state index is 0.554. The molecule has 21 heavy (non-hydrogen) atoms. The quantitative estimate of drug-likeness (QED) is 0.815. The molecule has 110 valence electrons. The molecule has 0 amide bonds. The second-order valence-corrected chi connectivity index (χ2v) is 7.00. The number of hydrogen-bond donors (Lipinski definition) is 1. The highest BCUT2D eigenvalue weighted by atomic mass is 79.9. The molecule has 2 aromatic carbocycles. The highest BCUT2D eigenvalue weighted by Gasteiger charge is 2.28. The van der Waals surface area contributed by atoms with Crippen LogP contribution < -0.4 is 5.32 Å². The first-order valence-corrected chi connectivity index (χ1v) is 8.48. The minimum atomic E-state index is 0.554. The zero-order valence-electron chi connectivity index (χ0n) is 12.7. The Balaban J connectivity index is 1.96. The summed E-state index contributed by atoms with van der Waals surface area (Å²) in [6, 6.07) is 15.8. The third-order valence-corrected chi connectivity index (χ3v) is 5.23. The predicted molar refractivity (Wildman–Crippen MR) is 93.0 cm³/mol. The van der Waals surface area contributed by atoms with Gasteiger partial charge in [-0.3, -0.25) is 0 Å². The monoisotopic (exact) mass is 343 g/mol. The third kappa shape index (κ3) is 3.22. The van der Waals surface area contributed by atoms with Gasteiger partial charge < -0.3 is 5.32 Å². The molecule has 0 aliphatic carbocycles. The summed E-state index contributed by atoms with van der Waals surface area (Å²) < 4.78 is 1.26. The van der Waals surface area contributed by atoms with Crippen LogP contribution in [0.5, 0.6) is 0 Å². The van der Waals surface area contributed by atoms with Crippen molar-refractivity contribution in [1.82, 2.24) is 5.32 Å². The van der Waals surface area contributed by atoms with Gasteiger partial charge in [-0.25, -0.2) is 0 Å². The lowest BCUT2D eigenvalue weighted by atomic mass is 9.77. The standard InChI is InChI=1S/C19H22BrN/c1-13-3-6-15(7-4-13)18-12-21-10-9-16(18)17-8-5-14(2)11-19(17)20/h3-8,11,16,18,21H,9-10,12H2,1-2H3. The molecule has 0 aromatic heterocycles. The summed E-state index contributed by atoms with van der Waals surface area (Å²) in [5.74, 6) is 1.14. The van der Waals surface area contributed by atoms with Gasteiger partial charge >= 0.3 is 0 Å². The van der Waals surface area contributed by atoms with Crippen LogP contribution in [0.1, 0.15) is 40.5 Å². The van der Waals surface area contributed by atoms with Crippen LogP contribution in [0.2, 0.25) is 0 Å². The molecule has 1 N–H and O–H groups in total. The van der Waals surface area contributed by atoms with Gasteiger partial charge in [-0.15, -0.1) is 0 Å². The van der Waals surface area contributed by atoms with E-state index in [4.69, 9.17) is 0 Å². The largest absolute Gasteiger partial charge is 0.316 e. The molecule has 0 bridgehead atoms. The van der Waals surface area contributed by atoms with E-state index in [1.807, 2.05) is 0 Å². The van der Waals surface area contributed by atoms with E-state index in [1.54, 1.807) is 0 Å². The fourth-order valence-electron chi connectivity index (χ4n) is 3.33. The molecule has 3 rings (SSSR count). The van der Waals surface area contributed by atoms with Gasteiger partial charge in [-0.05, 0) is 55.5 Å². The van der Waals surface area contributed by atoms with Crippen molar-refractivity contribution in [2.45, 2.75) is 32.1 Å². The number of rotatable bonds is 2. The van der Waals surface area contributed by atoms with Crippen LogP contribution in [0.15, 0.2) is 46.9 Å². The Labute approximate surface area is 135 Å². The Kier molecular flexibility index (Phi) is 4.46. The van der Waals surface area contributed by atoms with Gasteiger partial charge in [0.2, 0.25) is 0 Å². The molecule has 2 heteroatoms. The molecule has 0 spiro atoms. The summed E-state index contributed by atoms with van der Waals surface area (Å²) in [5.41, 5.74) is 5.54. The van der Waals surface area contributed by atoms with Crippen molar-refractivity contribution < 1.29 is 0 Å². The Hall–Kier alpha value is -1.12. The third-order valence-electron chi connectivity index (χ3n) is 4.54. The van der Waals surface area contributed by atoms with Gasteiger partial charge in [-0.1, -0.05) is 57.9 Å². The number of halogens is 1. The topological polar surface area (TPSA) is 12.0 Å². The average Bonchev–Trinajstić information content (AvgIpc) is 2.48. The smallest absolute Gasteiger partial charge is 0.0212 e. The first-order valence-electron chi connectivity index (χ1n) is 7.68.